The Kier molecular flexibility index (Phi) is 13.6. The Balaban J connectivity index is 0.975. The zero-order valence-corrected chi connectivity index (χ0v) is 57.1. The molecule has 0 spiro atoms. The summed E-state index contributed by atoms with van der Waals surface area (Å²) < 4.78 is 0. The van der Waals surface area contributed by atoms with Crippen molar-refractivity contribution >= 4 is 90.5 Å². The molecule has 4 aliphatic heterocycles. The van der Waals surface area contributed by atoms with Gasteiger partial charge in [-0.25, -0.2) is 39.9 Å². The monoisotopic (exact) mass is 1290 g/mol. The van der Waals surface area contributed by atoms with E-state index in [1.54, 1.807) is 0 Å². The smallest absolute Gasteiger partial charge is 0.164 e. The summed E-state index contributed by atoms with van der Waals surface area (Å²) in [6.45, 7) is 20.1. The van der Waals surface area contributed by atoms with Gasteiger partial charge < -0.3 is 19.9 Å². The lowest BCUT2D eigenvalue weighted by Crippen LogP contribution is -2.10. The van der Waals surface area contributed by atoms with E-state index in [0.29, 0.717) is 45.9 Å². The molecule has 16 bridgehead atoms. The molecule has 100 heavy (non-hydrogen) atoms. The van der Waals surface area contributed by atoms with Crippen molar-refractivity contribution < 1.29 is 0 Å². The number of H-pyrrole nitrogens is 4. The molecule has 0 atom stereocenters. The third kappa shape index (κ3) is 10.3. The molecule has 8 aromatic carbocycles. The minimum absolute atomic E-state index is 0.130. The fraction of sp³-hybridized carbons (Fsp3) is 0.136. The number of nitrogens with one attached hydrogen (secondary N) is 4. The summed E-state index contributed by atoms with van der Waals surface area (Å²) in [5.74, 6) is 2.17. The van der Waals surface area contributed by atoms with Crippen LogP contribution < -0.4 is 0 Å². The van der Waals surface area contributed by atoms with Crippen molar-refractivity contribution in [1.82, 2.24) is 59.8 Å². The maximum atomic E-state index is 5.72. The molecule has 18 rings (SSSR count). The van der Waals surface area contributed by atoms with Crippen LogP contribution in [0.15, 0.2) is 212 Å². The van der Waals surface area contributed by atoms with Crippen LogP contribution in [-0.4, -0.2) is 59.8 Å². The first-order valence-electron chi connectivity index (χ1n) is 34.2. The average molecular weight is 1300 g/mol. The summed E-state index contributed by atoms with van der Waals surface area (Å²) >= 11 is 0. The number of rotatable bonds is 5. The van der Waals surface area contributed by atoms with Crippen LogP contribution in [0.4, 0.5) is 0 Å². The predicted molar refractivity (Wildman–Crippen MR) is 412 cm³/mol. The third-order valence-electron chi connectivity index (χ3n) is 19.9. The van der Waals surface area contributed by atoms with Crippen LogP contribution in [0.2, 0.25) is 0 Å². The third-order valence-corrected chi connectivity index (χ3v) is 19.9. The van der Waals surface area contributed by atoms with Crippen molar-refractivity contribution in [1.29, 1.82) is 0 Å². The zero-order valence-electron chi connectivity index (χ0n) is 57.1. The molecule has 12 nitrogen and oxygen atoms in total. The second-order valence-corrected chi connectivity index (χ2v) is 29.6. The molecule has 14 aromatic rings. The van der Waals surface area contributed by atoms with E-state index >= 15 is 0 Å². The Morgan fingerprint density at radius 3 is 1.04 bits per heavy atom. The van der Waals surface area contributed by atoms with Crippen LogP contribution in [0.25, 0.3) is 192 Å². The lowest BCUT2D eigenvalue weighted by molar-refractivity contribution is 0.590. The number of hydrogen-bond acceptors (Lipinski definition) is 8. The van der Waals surface area contributed by atoms with Crippen LogP contribution in [0.5, 0.6) is 0 Å². The molecule has 4 aliphatic rings. The SMILES string of the molecule is CC(C)(C)c1ccc2c(c1)-c1nc-2nc2[nH]c(nc3nc(nc4[nH]c(n1)c1ccc(-c5cc6[nH]c5c(-c5ccccc5)c5nc(c(-c7ccccc7)c7ccc([nH]7)c(-c7ccccc7)c7nc(c6-c6ccccc6)C=C7)C=C5)cc41)-c1ccc(C(C)(C)C)cc1-3)c1ccc(C(C)(C)C)cc21. The van der Waals surface area contributed by atoms with Crippen LogP contribution in [0.3, 0.4) is 0 Å². The van der Waals surface area contributed by atoms with Crippen molar-refractivity contribution in [3.05, 3.63) is 252 Å². The van der Waals surface area contributed by atoms with Crippen LogP contribution >= 0.6 is 0 Å². The molecule has 10 heterocycles. The summed E-state index contributed by atoms with van der Waals surface area (Å²) in [4.78, 5) is 60.0. The van der Waals surface area contributed by atoms with Gasteiger partial charge in [-0.15, -0.1) is 0 Å². The standard InChI is InChI=1S/C88H70N12/c1-86(2,3)54-31-35-58-63(45-54)84-96-79(58)94-82-62-44-53(30-34-57(62)78(93-82)95-83-64-46-55(87(4,5)6)32-36-59(64)80(97-83)99-85-65-47-56(88(7,8)9)33-37-60(65)81(98-84)100-85)61-48-72-75(51-26-18-12-19-27-51)70-41-40-68(90-70)73(49-22-14-10-15-23-49)66-38-39-67(89-66)74(50-24-16-11-17-25-50)69-42-43-71(91-69)76(77(61)92-72)52-28-20-13-21-29-52/h10-48,89,92H,1-9H3,(H2,93,94,95,96,97,98,99,100). The Bertz CT molecular complexity index is 6170. The molecule has 0 fully saturated rings. The lowest BCUT2D eigenvalue weighted by atomic mass is 9.85. The van der Waals surface area contributed by atoms with E-state index in [-0.39, 0.29) is 16.2 Å². The summed E-state index contributed by atoms with van der Waals surface area (Å²) in [6.07, 6.45) is 8.62. The number of hydrogen-bond donors (Lipinski definition) is 4. The predicted octanol–water partition coefficient (Wildman–Crippen LogP) is 22.1. The first kappa shape index (κ1) is 60.2. The minimum Gasteiger partial charge on any atom is -0.354 e. The van der Waals surface area contributed by atoms with Crippen molar-refractivity contribution in [3.63, 3.8) is 0 Å². The quantitative estimate of drug-likeness (QED) is 0.132. The zero-order chi connectivity index (χ0) is 67.9. The number of nitrogens with zero attached hydrogens (tertiary/aromatic N) is 8. The number of benzene rings is 8. The van der Waals surface area contributed by atoms with Gasteiger partial charge in [-0.05, 0) is 134 Å². The van der Waals surface area contributed by atoms with Gasteiger partial charge in [0.1, 0.15) is 22.6 Å². The highest BCUT2D eigenvalue weighted by Crippen LogP contribution is 2.46. The van der Waals surface area contributed by atoms with Gasteiger partial charge in [0.15, 0.2) is 23.3 Å². The first-order chi connectivity index (χ1) is 48.4. The van der Waals surface area contributed by atoms with E-state index in [4.69, 9.17) is 39.9 Å². The number of fused-ring (bicyclic) bond motifs is 28. The highest BCUT2D eigenvalue weighted by molar-refractivity contribution is 6.11. The molecular formula is C88H70N12. The molecule has 0 radical (unpaired) electrons. The summed E-state index contributed by atoms with van der Waals surface area (Å²) in [5.41, 5.74) is 25.7. The maximum Gasteiger partial charge on any atom is 0.164 e. The fourth-order valence-electron chi connectivity index (χ4n) is 14.5. The van der Waals surface area contributed by atoms with Crippen molar-refractivity contribution in [2.75, 3.05) is 0 Å². The van der Waals surface area contributed by atoms with Gasteiger partial charge in [0.05, 0.1) is 28.3 Å². The lowest BCUT2D eigenvalue weighted by Gasteiger charge is -2.19. The highest BCUT2D eigenvalue weighted by atomic mass is 15.1. The van der Waals surface area contributed by atoms with Gasteiger partial charge in [0.2, 0.25) is 0 Å². The molecule has 0 aliphatic carbocycles. The Morgan fingerprint density at radius 2 is 0.600 bits per heavy atom. The highest BCUT2D eigenvalue weighted by Gasteiger charge is 2.29. The Hall–Kier alpha value is -12.3. The first-order valence-corrected chi connectivity index (χ1v) is 34.2. The van der Waals surface area contributed by atoms with Gasteiger partial charge in [0, 0.05) is 88.2 Å². The molecule has 12 heteroatoms. The van der Waals surface area contributed by atoms with Gasteiger partial charge in [-0.2, -0.15) is 0 Å². The van der Waals surface area contributed by atoms with E-state index < -0.39 is 0 Å². The molecule has 4 N–H and O–H groups in total. The van der Waals surface area contributed by atoms with Gasteiger partial charge in [-0.1, -0.05) is 226 Å². The normalized spacial score (nSPS) is 12.8. The molecule has 0 saturated heterocycles. The van der Waals surface area contributed by atoms with Gasteiger partial charge in [-0.3, -0.25) is 0 Å². The molecule has 6 aromatic heterocycles. The molecule has 482 valence electrons. The van der Waals surface area contributed by atoms with Crippen molar-refractivity contribution in [2.24, 2.45) is 0 Å². The maximum absolute atomic E-state index is 5.72. The Labute approximate surface area is 578 Å². The Morgan fingerprint density at radius 1 is 0.240 bits per heavy atom. The summed E-state index contributed by atoms with van der Waals surface area (Å²) in [6, 6.07) is 75.3. The largest absolute Gasteiger partial charge is 0.354 e. The van der Waals surface area contributed by atoms with E-state index in [9.17, 15) is 0 Å². The fourth-order valence-corrected chi connectivity index (χ4v) is 14.5. The molecule has 0 unspecified atom stereocenters. The molecular weight excluding hydrogens is 1230 g/mol. The topological polar surface area (TPSA) is 166 Å². The summed E-state index contributed by atoms with van der Waals surface area (Å²) in [7, 11) is 0. The van der Waals surface area contributed by atoms with Crippen LogP contribution in [-0.2, 0) is 16.2 Å². The van der Waals surface area contributed by atoms with E-state index in [1.807, 2.05) is 0 Å². The van der Waals surface area contributed by atoms with Crippen LogP contribution in [0, 0.1) is 0 Å². The van der Waals surface area contributed by atoms with E-state index in [0.717, 1.165) is 155 Å². The minimum atomic E-state index is -0.166. The second-order valence-electron chi connectivity index (χ2n) is 29.6. The van der Waals surface area contributed by atoms with Gasteiger partial charge in [0.25, 0.3) is 0 Å². The summed E-state index contributed by atoms with van der Waals surface area (Å²) in [5, 5.41) is 3.55. The number of aromatic amines is 4. The second kappa shape index (κ2) is 22.7. The van der Waals surface area contributed by atoms with Crippen LogP contribution in [0.1, 0.15) is 102 Å². The van der Waals surface area contributed by atoms with Crippen molar-refractivity contribution in [2.45, 2.75) is 78.6 Å². The van der Waals surface area contributed by atoms with E-state index in [2.05, 4.69) is 319 Å². The molecule has 0 amide bonds. The number of aromatic nitrogens is 12. The molecule has 0 saturated carbocycles. The van der Waals surface area contributed by atoms with Crippen molar-refractivity contribution in [3.8, 4) is 101 Å². The average Bonchev–Trinajstić information content (AvgIpc) is 1.59. The van der Waals surface area contributed by atoms with E-state index in [1.165, 1.54) is 5.56 Å². The van der Waals surface area contributed by atoms with Gasteiger partial charge >= 0.3 is 0 Å².